The predicted molar refractivity (Wildman–Crippen MR) is 61.9 cm³/mol. The van der Waals surface area contributed by atoms with Crippen molar-refractivity contribution >= 4 is 11.6 Å². The fourth-order valence-corrected chi connectivity index (χ4v) is 1.71. The molecule has 1 atom stereocenters. The summed E-state index contributed by atoms with van der Waals surface area (Å²) in [6, 6.07) is 9.42. The van der Waals surface area contributed by atoms with Gasteiger partial charge in [-0.1, -0.05) is 29.8 Å². The quantitative estimate of drug-likeness (QED) is 0.866. The second-order valence-corrected chi connectivity index (χ2v) is 4.03. The van der Waals surface area contributed by atoms with Gasteiger partial charge >= 0.3 is 0 Å². The molecule has 1 nitrogen and oxygen atoms in total. The normalized spacial score (nSPS) is 12.5. The molecule has 1 unspecified atom stereocenters. The maximum Gasteiger partial charge on any atom is 0.141 e. The summed E-state index contributed by atoms with van der Waals surface area (Å²) in [6.07, 6.45) is -0.950. The Bertz CT molecular complexity index is 525. The molecule has 88 valence electrons. The molecule has 4 heteroatoms. The van der Waals surface area contributed by atoms with E-state index in [4.69, 9.17) is 11.6 Å². The van der Waals surface area contributed by atoms with Crippen molar-refractivity contribution in [3.05, 3.63) is 70.2 Å². The molecule has 0 aromatic heterocycles. The summed E-state index contributed by atoms with van der Waals surface area (Å²) in [5.74, 6) is -0.917. The van der Waals surface area contributed by atoms with Crippen LogP contribution < -0.4 is 0 Å². The summed E-state index contributed by atoms with van der Waals surface area (Å²) in [4.78, 5) is 0. The lowest BCUT2D eigenvalue weighted by Crippen LogP contribution is -2.00. The van der Waals surface area contributed by atoms with Gasteiger partial charge in [-0.15, -0.1) is 0 Å². The maximum absolute atomic E-state index is 13.0. The van der Waals surface area contributed by atoms with Gasteiger partial charge in [0.05, 0.1) is 5.02 Å². The van der Waals surface area contributed by atoms with Crippen molar-refractivity contribution < 1.29 is 13.9 Å². The minimum Gasteiger partial charge on any atom is -0.384 e. The highest BCUT2D eigenvalue weighted by Crippen LogP contribution is 2.25. The van der Waals surface area contributed by atoms with E-state index in [1.54, 1.807) is 0 Å². The van der Waals surface area contributed by atoms with Crippen LogP contribution in [0, 0.1) is 11.6 Å². The minimum absolute atomic E-state index is 0.0522. The van der Waals surface area contributed by atoms with Gasteiger partial charge in [-0.25, -0.2) is 8.78 Å². The lowest BCUT2D eigenvalue weighted by molar-refractivity contribution is 0.220. The average molecular weight is 255 g/mol. The molecule has 0 fully saturated rings. The summed E-state index contributed by atoms with van der Waals surface area (Å²) in [5, 5.41) is 9.94. The van der Waals surface area contributed by atoms with Crippen molar-refractivity contribution in [3.8, 4) is 0 Å². The van der Waals surface area contributed by atoms with E-state index in [-0.39, 0.29) is 10.8 Å². The van der Waals surface area contributed by atoms with Crippen molar-refractivity contribution in [2.24, 2.45) is 0 Å². The largest absolute Gasteiger partial charge is 0.384 e. The molecule has 1 N–H and O–H groups in total. The van der Waals surface area contributed by atoms with Gasteiger partial charge in [0.1, 0.15) is 17.7 Å². The van der Waals surface area contributed by atoms with Crippen molar-refractivity contribution in [3.63, 3.8) is 0 Å². The highest BCUT2D eigenvalue weighted by Gasteiger charge is 2.12. The van der Waals surface area contributed by atoms with Crippen LogP contribution in [0.25, 0.3) is 0 Å². The zero-order chi connectivity index (χ0) is 12.4. The van der Waals surface area contributed by atoms with Crippen LogP contribution in [0.2, 0.25) is 5.02 Å². The molecular weight excluding hydrogens is 246 g/mol. The van der Waals surface area contributed by atoms with E-state index < -0.39 is 11.9 Å². The smallest absolute Gasteiger partial charge is 0.141 e. The average Bonchev–Trinajstić information content (AvgIpc) is 2.33. The van der Waals surface area contributed by atoms with E-state index in [0.29, 0.717) is 11.1 Å². The highest BCUT2D eigenvalue weighted by molar-refractivity contribution is 6.30. The van der Waals surface area contributed by atoms with Crippen LogP contribution in [0.4, 0.5) is 8.78 Å². The predicted octanol–water partition coefficient (Wildman–Crippen LogP) is 3.70. The molecule has 2 rings (SSSR count). The van der Waals surface area contributed by atoms with Gasteiger partial charge in [-0.2, -0.15) is 0 Å². The molecule has 0 saturated heterocycles. The first kappa shape index (κ1) is 12.0. The van der Waals surface area contributed by atoms with Crippen molar-refractivity contribution in [1.29, 1.82) is 0 Å². The minimum atomic E-state index is -0.950. The Hall–Kier alpha value is -1.45. The first-order valence-corrected chi connectivity index (χ1v) is 5.34. The van der Waals surface area contributed by atoms with Crippen LogP contribution in [0.15, 0.2) is 42.5 Å². The highest BCUT2D eigenvalue weighted by atomic mass is 35.5. The van der Waals surface area contributed by atoms with Gasteiger partial charge in [0.15, 0.2) is 0 Å². The van der Waals surface area contributed by atoms with Gasteiger partial charge in [-0.3, -0.25) is 0 Å². The first-order chi connectivity index (χ1) is 8.08. The third-order valence-electron chi connectivity index (χ3n) is 2.45. The van der Waals surface area contributed by atoms with Crippen LogP contribution >= 0.6 is 11.6 Å². The van der Waals surface area contributed by atoms with Gasteiger partial charge in [-0.05, 0) is 35.4 Å². The molecular formula is C13H9ClF2O. The Morgan fingerprint density at radius 3 is 2.12 bits per heavy atom. The van der Waals surface area contributed by atoms with E-state index in [1.165, 1.54) is 42.5 Å². The monoisotopic (exact) mass is 254 g/mol. The summed E-state index contributed by atoms with van der Waals surface area (Å²) in [6.45, 7) is 0. The summed E-state index contributed by atoms with van der Waals surface area (Å²) in [7, 11) is 0. The third-order valence-corrected chi connectivity index (χ3v) is 2.73. The molecule has 0 spiro atoms. The second-order valence-electron chi connectivity index (χ2n) is 3.63. The fourth-order valence-electron chi connectivity index (χ4n) is 1.52. The summed E-state index contributed by atoms with van der Waals surface area (Å²) >= 11 is 5.62. The van der Waals surface area contributed by atoms with Crippen molar-refractivity contribution in [1.82, 2.24) is 0 Å². The van der Waals surface area contributed by atoms with Gasteiger partial charge in [0, 0.05) is 0 Å². The van der Waals surface area contributed by atoms with Crippen LogP contribution in [0.3, 0.4) is 0 Å². The van der Waals surface area contributed by atoms with Crippen LogP contribution in [-0.2, 0) is 0 Å². The standard InChI is InChI=1S/C13H9ClF2O/c14-11-7-9(3-6-12(11)16)13(17)8-1-4-10(15)5-2-8/h1-7,13,17H. The van der Waals surface area contributed by atoms with E-state index >= 15 is 0 Å². The van der Waals surface area contributed by atoms with E-state index in [9.17, 15) is 13.9 Å². The number of halogens is 3. The number of aliphatic hydroxyl groups is 1. The Morgan fingerprint density at radius 2 is 1.53 bits per heavy atom. The number of benzene rings is 2. The first-order valence-electron chi connectivity index (χ1n) is 4.96. The van der Waals surface area contributed by atoms with E-state index in [1.807, 2.05) is 0 Å². The molecule has 0 radical (unpaired) electrons. The van der Waals surface area contributed by atoms with E-state index in [2.05, 4.69) is 0 Å². The van der Waals surface area contributed by atoms with Gasteiger partial charge in [0.2, 0.25) is 0 Å². The summed E-state index contributed by atoms with van der Waals surface area (Å²) < 4.78 is 25.7. The van der Waals surface area contributed by atoms with E-state index in [0.717, 1.165) is 0 Å². The SMILES string of the molecule is OC(c1ccc(F)cc1)c1ccc(F)c(Cl)c1. The van der Waals surface area contributed by atoms with Crippen molar-refractivity contribution in [2.45, 2.75) is 6.10 Å². The zero-order valence-electron chi connectivity index (χ0n) is 8.70. The lowest BCUT2D eigenvalue weighted by atomic mass is 10.0. The zero-order valence-corrected chi connectivity index (χ0v) is 9.46. The molecule has 2 aromatic rings. The molecule has 0 heterocycles. The Labute approximate surface area is 102 Å². The number of aliphatic hydroxyl groups excluding tert-OH is 1. The molecule has 2 aromatic carbocycles. The fraction of sp³-hybridized carbons (Fsp3) is 0.0769. The molecule has 0 aliphatic rings. The summed E-state index contributed by atoms with van der Waals surface area (Å²) in [5.41, 5.74) is 0.983. The molecule has 0 amide bonds. The Kier molecular flexibility index (Phi) is 3.41. The van der Waals surface area contributed by atoms with Crippen LogP contribution in [0.1, 0.15) is 17.2 Å². The molecule has 0 bridgehead atoms. The van der Waals surface area contributed by atoms with Gasteiger partial charge in [0.25, 0.3) is 0 Å². The molecule has 0 aliphatic carbocycles. The molecule has 0 saturated carbocycles. The lowest BCUT2D eigenvalue weighted by Gasteiger charge is -2.11. The van der Waals surface area contributed by atoms with Crippen LogP contribution in [0.5, 0.6) is 0 Å². The van der Waals surface area contributed by atoms with Crippen LogP contribution in [-0.4, -0.2) is 5.11 Å². The maximum atomic E-state index is 13.0. The second kappa shape index (κ2) is 4.82. The Balaban J connectivity index is 2.33. The number of rotatable bonds is 2. The number of hydrogen-bond donors (Lipinski definition) is 1. The van der Waals surface area contributed by atoms with Crippen molar-refractivity contribution in [2.75, 3.05) is 0 Å². The molecule has 17 heavy (non-hydrogen) atoms. The topological polar surface area (TPSA) is 20.2 Å². The Morgan fingerprint density at radius 1 is 0.941 bits per heavy atom. The van der Waals surface area contributed by atoms with Gasteiger partial charge < -0.3 is 5.11 Å². The third kappa shape index (κ3) is 2.62. The number of hydrogen-bond acceptors (Lipinski definition) is 1. The molecule has 0 aliphatic heterocycles.